The second kappa shape index (κ2) is 7.14. The number of aliphatic carboxylic acids is 1. The first-order chi connectivity index (χ1) is 9.49. The molecule has 2 amide bonds. The van der Waals surface area contributed by atoms with Crippen LogP contribution in [0.25, 0.3) is 0 Å². The van der Waals surface area contributed by atoms with Crippen LogP contribution in [-0.4, -0.2) is 35.1 Å². The molecule has 0 saturated carbocycles. The van der Waals surface area contributed by atoms with Crippen molar-refractivity contribution in [3.8, 4) is 6.07 Å². The molecule has 0 aliphatic carbocycles. The number of nitriles is 1. The molecule has 0 fully saturated rings. The predicted octanol–water partition coefficient (Wildman–Crippen LogP) is 2.08. The molecule has 1 aromatic carbocycles. The Hall–Kier alpha value is -2.55. The van der Waals surface area contributed by atoms with Gasteiger partial charge in [-0.15, -0.1) is 0 Å². The highest BCUT2D eigenvalue weighted by atomic mass is 16.4. The van der Waals surface area contributed by atoms with Gasteiger partial charge in [0.2, 0.25) is 0 Å². The van der Waals surface area contributed by atoms with Gasteiger partial charge >= 0.3 is 12.0 Å². The van der Waals surface area contributed by atoms with Crippen molar-refractivity contribution in [1.82, 2.24) is 4.90 Å². The number of anilines is 1. The van der Waals surface area contributed by atoms with Gasteiger partial charge in [0.25, 0.3) is 0 Å². The summed E-state index contributed by atoms with van der Waals surface area (Å²) < 4.78 is 0. The van der Waals surface area contributed by atoms with E-state index in [0.717, 1.165) is 10.5 Å². The van der Waals surface area contributed by atoms with Gasteiger partial charge in [0, 0.05) is 12.7 Å². The van der Waals surface area contributed by atoms with E-state index in [2.05, 4.69) is 5.32 Å². The number of nitrogens with one attached hydrogen (secondary N) is 1. The average Bonchev–Trinajstić information content (AvgIpc) is 2.41. The molecule has 106 valence electrons. The number of carbonyl (C=O) groups is 2. The number of benzene rings is 1. The fourth-order valence-corrected chi connectivity index (χ4v) is 1.76. The fraction of sp³-hybridized carbons (Fsp3) is 0.357. The van der Waals surface area contributed by atoms with E-state index in [9.17, 15) is 9.59 Å². The maximum Gasteiger partial charge on any atom is 0.326 e. The Labute approximate surface area is 117 Å². The van der Waals surface area contributed by atoms with E-state index in [0.29, 0.717) is 18.5 Å². The minimum Gasteiger partial charge on any atom is -0.480 e. The lowest BCUT2D eigenvalue weighted by Gasteiger charge is -2.24. The zero-order chi connectivity index (χ0) is 15.1. The van der Waals surface area contributed by atoms with Crippen molar-refractivity contribution >= 4 is 17.7 Å². The molecule has 0 radical (unpaired) electrons. The molecule has 0 heterocycles. The number of hydrogen-bond donors (Lipinski definition) is 2. The first kappa shape index (κ1) is 15.5. The largest absolute Gasteiger partial charge is 0.480 e. The summed E-state index contributed by atoms with van der Waals surface area (Å²) in [6, 6.07) is 7.55. The third kappa shape index (κ3) is 3.99. The molecular formula is C14H17N3O3. The van der Waals surface area contributed by atoms with E-state index >= 15 is 0 Å². The summed E-state index contributed by atoms with van der Waals surface area (Å²) in [5.41, 5.74) is 1.42. The number of rotatable bonds is 5. The van der Waals surface area contributed by atoms with Crippen LogP contribution in [0.3, 0.4) is 0 Å². The molecule has 0 aliphatic heterocycles. The number of nitrogens with zero attached hydrogens (tertiary/aromatic N) is 2. The number of hydrogen-bond acceptors (Lipinski definition) is 3. The second-order valence-corrected chi connectivity index (χ2v) is 4.34. The van der Waals surface area contributed by atoms with Gasteiger partial charge in [-0.2, -0.15) is 5.26 Å². The van der Waals surface area contributed by atoms with Gasteiger partial charge in [-0.05, 0) is 24.1 Å². The zero-order valence-corrected chi connectivity index (χ0v) is 11.5. The molecule has 0 aromatic heterocycles. The maximum absolute atomic E-state index is 11.9. The third-order valence-electron chi connectivity index (χ3n) is 2.95. The molecule has 1 rings (SSSR count). The molecule has 6 nitrogen and oxygen atoms in total. The van der Waals surface area contributed by atoms with E-state index in [1.54, 1.807) is 31.2 Å². The highest BCUT2D eigenvalue weighted by Gasteiger charge is 2.24. The van der Waals surface area contributed by atoms with Crippen LogP contribution >= 0.6 is 0 Å². The van der Waals surface area contributed by atoms with Crippen molar-refractivity contribution in [3.05, 3.63) is 29.8 Å². The summed E-state index contributed by atoms with van der Waals surface area (Å²) in [6.45, 7) is 1.71. The second-order valence-electron chi connectivity index (χ2n) is 4.34. The number of carbonyl (C=O) groups excluding carboxylic acids is 1. The molecule has 1 unspecified atom stereocenters. The van der Waals surface area contributed by atoms with Crippen molar-refractivity contribution in [2.24, 2.45) is 0 Å². The van der Waals surface area contributed by atoms with Crippen LogP contribution in [0.4, 0.5) is 10.5 Å². The SMILES string of the molecule is CCC(C(=O)O)N(C)C(=O)Nc1ccc(CC#N)cc1. The summed E-state index contributed by atoms with van der Waals surface area (Å²) in [5, 5.41) is 20.2. The number of urea groups is 1. The summed E-state index contributed by atoms with van der Waals surface area (Å²) in [4.78, 5) is 24.1. The lowest BCUT2D eigenvalue weighted by molar-refractivity contribution is -0.141. The zero-order valence-electron chi connectivity index (χ0n) is 11.5. The van der Waals surface area contributed by atoms with Gasteiger partial charge in [0.1, 0.15) is 6.04 Å². The molecule has 0 bridgehead atoms. The lowest BCUT2D eigenvalue weighted by atomic mass is 10.1. The smallest absolute Gasteiger partial charge is 0.326 e. The van der Waals surface area contributed by atoms with Crippen LogP contribution in [0.1, 0.15) is 18.9 Å². The lowest BCUT2D eigenvalue weighted by Crippen LogP contribution is -2.44. The van der Waals surface area contributed by atoms with Gasteiger partial charge < -0.3 is 15.3 Å². The molecule has 1 atom stereocenters. The average molecular weight is 275 g/mol. The van der Waals surface area contributed by atoms with Gasteiger partial charge in [0.05, 0.1) is 12.5 Å². The van der Waals surface area contributed by atoms with Crippen LogP contribution in [0.15, 0.2) is 24.3 Å². The molecular weight excluding hydrogens is 258 g/mol. The van der Waals surface area contributed by atoms with Crippen LogP contribution in [-0.2, 0) is 11.2 Å². The molecule has 0 saturated heterocycles. The standard InChI is InChI=1S/C14H17N3O3/c1-3-12(13(18)19)17(2)14(20)16-11-6-4-10(5-7-11)8-9-15/h4-7,12H,3,8H2,1-2H3,(H,16,20)(H,18,19). The normalized spacial score (nSPS) is 11.2. The highest BCUT2D eigenvalue weighted by Crippen LogP contribution is 2.12. The minimum absolute atomic E-state index is 0.311. The van der Waals surface area contributed by atoms with E-state index in [1.807, 2.05) is 6.07 Å². The molecule has 2 N–H and O–H groups in total. The quantitative estimate of drug-likeness (QED) is 0.860. The summed E-state index contributed by atoms with van der Waals surface area (Å²) in [5.74, 6) is -1.03. The van der Waals surface area contributed by atoms with Gasteiger partial charge in [-0.25, -0.2) is 9.59 Å². The van der Waals surface area contributed by atoms with Gasteiger partial charge in [-0.3, -0.25) is 0 Å². The Morgan fingerprint density at radius 3 is 2.45 bits per heavy atom. The molecule has 6 heteroatoms. The van der Waals surface area contributed by atoms with E-state index in [1.165, 1.54) is 7.05 Å². The Morgan fingerprint density at radius 2 is 2.00 bits per heavy atom. The number of likely N-dealkylation sites (N-methyl/N-ethyl adjacent to an activating group) is 1. The number of amides is 2. The Kier molecular flexibility index (Phi) is 5.54. The first-order valence-corrected chi connectivity index (χ1v) is 6.22. The summed E-state index contributed by atoms with van der Waals surface area (Å²) in [7, 11) is 1.45. The Balaban J connectivity index is 2.70. The van der Waals surface area contributed by atoms with Gasteiger partial charge in [-0.1, -0.05) is 19.1 Å². The van der Waals surface area contributed by atoms with Crippen LogP contribution < -0.4 is 5.32 Å². The number of carboxylic acid groups (broad SMARTS) is 1. The van der Waals surface area contributed by atoms with Crippen LogP contribution in [0.2, 0.25) is 0 Å². The van der Waals surface area contributed by atoms with Crippen LogP contribution in [0, 0.1) is 11.3 Å². The predicted molar refractivity (Wildman–Crippen MR) is 74.3 cm³/mol. The van der Waals surface area contributed by atoms with Crippen molar-refractivity contribution < 1.29 is 14.7 Å². The molecule has 0 spiro atoms. The van der Waals surface area contributed by atoms with Crippen molar-refractivity contribution in [2.45, 2.75) is 25.8 Å². The minimum atomic E-state index is -1.03. The summed E-state index contributed by atoms with van der Waals surface area (Å²) >= 11 is 0. The van der Waals surface area contributed by atoms with E-state index in [4.69, 9.17) is 10.4 Å². The maximum atomic E-state index is 11.9. The van der Waals surface area contributed by atoms with Gasteiger partial charge in [0.15, 0.2) is 0 Å². The Morgan fingerprint density at radius 1 is 1.40 bits per heavy atom. The monoisotopic (exact) mass is 275 g/mol. The first-order valence-electron chi connectivity index (χ1n) is 6.22. The third-order valence-corrected chi connectivity index (χ3v) is 2.95. The van der Waals surface area contributed by atoms with E-state index in [-0.39, 0.29) is 0 Å². The molecule has 0 aliphatic rings. The highest BCUT2D eigenvalue weighted by molar-refractivity contribution is 5.92. The van der Waals surface area contributed by atoms with Crippen molar-refractivity contribution in [3.63, 3.8) is 0 Å². The van der Waals surface area contributed by atoms with E-state index < -0.39 is 18.0 Å². The molecule has 1 aromatic rings. The molecule has 20 heavy (non-hydrogen) atoms. The Bertz CT molecular complexity index is 519. The van der Waals surface area contributed by atoms with Crippen LogP contribution in [0.5, 0.6) is 0 Å². The number of carboxylic acids is 1. The fourth-order valence-electron chi connectivity index (χ4n) is 1.76. The van der Waals surface area contributed by atoms with Crippen molar-refractivity contribution in [2.75, 3.05) is 12.4 Å². The summed E-state index contributed by atoms with van der Waals surface area (Å²) in [6.07, 6.45) is 0.644. The topological polar surface area (TPSA) is 93.4 Å². The van der Waals surface area contributed by atoms with Crippen molar-refractivity contribution in [1.29, 1.82) is 5.26 Å².